The molecule has 0 bridgehead atoms. The van der Waals surface area contributed by atoms with E-state index in [2.05, 4.69) is 4.99 Å². The van der Waals surface area contributed by atoms with Gasteiger partial charge >= 0.3 is 5.69 Å². The SMILES string of the molecule is Cc1ccc(Oc2ccc(OCCCCOc3cc4c(cc3C)C(=O)N3CCC[C@H]3C=N4)cc2[N+](=O)[O-])cc1. The van der Waals surface area contributed by atoms with E-state index in [0.29, 0.717) is 48.1 Å². The summed E-state index contributed by atoms with van der Waals surface area (Å²) < 4.78 is 17.5. The zero-order valence-electron chi connectivity index (χ0n) is 22.1. The van der Waals surface area contributed by atoms with Crippen LogP contribution in [0.25, 0.3) is 0 Å². The van der Waals surface area contributed by atoms with Gasteiger partial charge in [-0.05, 0) is 75.4 Å². The van der Waals surface area contributed by atoms with E-state index in [1.807, 2.05) is 49.2 Å². The molecule has 2 aliphatic heterocycles. The van der Waals surface area contributed by atoms with Gasteiger partial charge in [0.05, 0.1) is 41.5 Å². The van der Waals surface area contributed by atoms with Crippen LogP contribution in [-0.4, -0.2) is 47.7 Å². The second-order valence-electron chi connectivity index (χ2n) is 9.83. The number of carbonyl (C=O) groups is 1. The van der Waals surface area contributed by atoms with Gasteiger partial charge in [0.25, 0.3) is 5.91 Å². The number of nitro groups is 1. The third-order valence-corrected chi connectivity index (χ3v) is 6.91. The average Bonchev–Trinajstić information content (AvgIpc) is 3.36. The number of amides is 1. The molecule has 2 aliphatic rings. The molecule has 3 aromatic rings. The van der Waals surface area contributed by atoms with Gasteiger partial charge in [0, 0.05) is 18.8 Å². The Morgan fingerprint density at radius 1 is 0.974 bits per heavy atom. The van der Waals surface area contributed by atoms with Crippen molar-refractivity contribution in [3.63, 3.8) is 0 Å². The van der Waals surface area contributed by atoms with Crippen molar-refractivity contribution in [2.75, 3.05) is 19.8 Å². The lowest BCUT2D eigenvalue weighted by atomic mass is 10.1. The largest absolute Gasteiger partial charge is 0.493 e. The molecule has 0 spiro atoms. The number of aryl methyl sites for hydroxylation is 2. The second kappa shape index (κ2) is 11.6. The molecule has 1 fully saturated rings. The number of rotatable bonds is 10. The number of hydrogen-bond acceptors (Lipinski definition) is 7. The third kappa shape index (κ3) is 6.03. The van der Waals surface area contributed by atoms with Gasteiger partial charge in [-0.1, -0.05) is 17.7 Å². The fraction of sp³-hybridized carbons (Fsp3) is 0.333. The van der Waals surface area contributed by atoms with Crippen LogP contribution >= 0.6 is 0 Å². The van der Waals surface area contributed by atoms with Gasteiger partial charge in [0.1, 0.15) is 17.2 Å². The molecule has 0 aliphatic carbocycles. The van der Waals surface area contributed by atoms with Crippen molar-refractivity contribution in [1.82, 2.24) is 4.90 Å². The molecule has 0 radical (unpaired) electrons. The van der Waals surface area contributed by atoms with Gasteiger partial charge in [-0.3, -0.25) is 19.9 Å². The number of nitrogens with zero attached hydrogens (tertiary/aromatic N) is 3. The van der Waals surface area contributed by atoms with Gasteiger partial charge < -0.3 is 19.1 Å². The summed E-state index contributed by atoms with van der Waals surface area (Å²) in [6, 6.07) is 15.7. The van der Waals surface area contributed by atoms with E-state index >= 15 is 0 Å². The zero-order valence-corrected chi connectivity index (χ0v) is 22.1. The lowest BCUT2D eigenvalue weighted by Crippen LogP contribution is -2.35. The number of carbonyl (C=O) groups excluding carboxylic acids is 1. The highest BCUT2D eigenvalue weighted by Crippen LogP contribution is 2.35. The summed E-state index contributed by atoms with van der Waals surface area (Å²) >= 11 is 0. The molecule has 202 valence electrons. The number of nitro benzene ring substituents is 1. The van der Waals surface area contributed by atoms with Gasteiger partial charge in [0.2, 0.25) is 5.75 Å². The van der Waals surface area contributed by atoms with Crippen molar-refractivity contribution in [3.05, 3.63) is 81.4 Å². The smallest absolute Gasteiger partial charge is 0.315 e. The molecule has 39 heavy (non-hydrogen) atoms. The van der Waals surface area contributed by atoms with Gasteiger partial charge in [0.15, 0.2) is 0 Å². The fourth-order valence-electron chi connectivity index (χ4n) is 4.76. The topological polar surface area (TPSA) is 104 Å². The molecule has 0 saturated carbocycles. The minimum Gasteiger partial charge on any atom is -0.493 e. The Hall–Kier alpha value is -4.40. The zero-order chi connectivity index (χ0) is 27.4. The number of aliphatic imine (C=N–C) groups is 1. The molecular weight excluding hydrogens is 498 g/mol. The predicted molar refractivity (Wildman–Crippen MR) is 148 cm³/mol. The first-order valence-corrected chi connectivity index (χ1v) is 13.2. The van der Waals surface area contributed by atoms with Crippen LogP contribution in [0.5, 0.6) is 23.0 Å². The molecule has 0 unspecified atom stereocenters. The van der Waals surface area contributed by atoms with E-state index in [0.717, 1.165) is 36.9 Å². The number of ether oxygens (including phenoxy) is 3. The molecule has 1 saturated heterocycles. The monoisotopic (exact) mass is 529 g/mol. The summed E-state index contributed by atoms with van der Waals surface area (Å²) in [6.45, 7) is 5.52. The Kier molecular flexibility index (Phi) is 7.76. The molecule has 0 aromatic heterocycles. The van der Waals surface area contributed by atoms with Crippen LogP contribution < -0.4 is 14.2 Å². The molecule has 2 heterocycles. The summed E-state index contributed by atoms with van der Waals surface area (Å²) in [7, 11) is 0. The normalized spacial score (nSPS) is 15.9. The van der Waals surface area contributed by atoms with Crippen molar-refractivity contribution < 1.29 is 23.9 Å². The molecule has 9 heteroatoms. The van der Waals surface area contributed by atoms with Crippen LogP contribution in [-0.2, 0) is 0 Å². The lowest BCUT2D eigenvalue weighted by molar-refractivity contribution is -0.385. The van der Waals surface area contributed by atoms with E-state index < -0.39 is 4.92 Å². The second-order valence-corrected chi connectivity index (χ2v) is 9.83. The summed E-state index contributed by atoms with van der Waals surface area (Å²) in [5.74, 6) is 1.84. The van der Waals surface area contributed by atoms with E-state index in [4.69, 9.17) is 14.2 Å². The molecule has 3 aromatic carbocycles. The minimum absolute atomic E-state index is 0.0341. The first-order valence-electron chi connectivity index (χ1n) is 13.2. The van der Waals surface area contributed by atoms with Crippen molar-refractivity contribution >= 4 is 23.5 Å². The maximum absolute atomic E-state index is 12.9. The number of unbranched alkanes of at least 4 members (excludes halogenated alkanes) is 1. The van der Waals surface area contributed by atoms with Gasteiger partial charge in [-0.25, -0.2) is 0 Å². The Morgan fingerprint density at radius 3 is 2.49 bits per heavy atom. The predicted octanol–water partition coefficient (Wildman–Crippen LogP) is 6.56. The van der Waals surface area contributed by atoms with Crippen molar-refractivity contribution in [1.29, 1.82) is 0 Å². The van der Waals surface area contributed by atoms with E-state index in [1.54, 1.807) is 24.3 Å². The van der Waals surface area contributed by atoms with Gasteiger partial charge in [-0.2, -0.15) is 0 Å². The Labute approximate surface area is 227 Å². The summed E-state index contributed by atoms with van der Waals surface area (Å²) in [4.78, 5) is 30.5. The maximum Gasteiger partial charge on any atom is 0.315 e. The quantitative estimate of drug-likeness (QED) is 0.167. The Balaban J connectivity index is 1.12. The van der Waals surface area contributed by atoms with Crippen molar-refractivity contribution in [2.24, 2.45) is 4.99 Å². The number of fused-ring (bicyclic) bond motifs is 2. The van der Waals surface area contributed by atoms with E-state index in [1.165, 1.54) is 6.07 Å². The van der Waals surface area contributed by atoms with Crippen LogP contribution in [0.3, 0.4) is 0 Å². The summed E-state index contributed by atoms with van der Waals surface area (Å²) in [6.07, 6.45) is 5.26. The van der Waals surface area contributed by atoms with Crippen molar-refractivity contribution in [3.8, 4) is 23.0 Å². The lowest BCUT2D eigenvalue weighted by Gasteiger charge is -2.20. The van der Waals surface area contributed by atoms with Crippen LogP contribution in [0.2, 0.25) is 0 Å². The maximum atomic E-state index is 12.9. The molecule has 1 atom stereocenters. The summed E-state index contributed by atoms with van der Waals surface area (Å²) in [5, 5.41) is 11.6. The molecule has 1 amide bonds. The molecule has 0 N–H and O–H groups in total. The van der Waals surface area contributed by atoms with E-state index in [9.17, 15) is 14.9 Å². The first-order chi connectivity index (χ1) is 18.9. The number of hydrogen-bond donors (Lipinski definition) is 0. The fourth-order valence-corrected chi connectivity index (χ4v) is 4.76. The van der Waals surface area contributed by atoms with Crippen molar-refractivity contribution in [2.45, 2.75) is 45.6 Å². The van der Waals surface area contributed by atoms with E-state index in [-0.39, 0.29) is 23.4 Å². The van der Waals surface area contributed by atoms with Crippen LogP contribution in [0.1, 0.15) is 47.2 Å². The highest BCUT2D eigenvalue weighted by molar-refractivity contribution is 6.03. The number of benzene rings is 3. The van der Waals surface area contributed by atoms with Crippen LogP contribution in [0.15, 0.2) is 59.6 Å². The minimum atomic E-state index is -0.478. The Bertz CT molecular complexity index is 1400. The third-order valence-electron chi connectivity index (χ3n) is 6.91. The standard InChI is InChI=1S/C30H31N3O6/c1-20-7-9-23(10-8-20)39-28-12-11-24(17-27(28)33(35)36)37-14-3-4-15-38-29-18-26-25(16-21(29)2)30(34)32-13-5-6-22(32)19-31-26/h7-12,16-19,22H,3-6,13-15H2,1-2H3/t22-/m0/s1. The summed E-state index contributed by atoms with van der Waals surface area (Å²) in [5.41, 5.74) is 3.08. The molecular formula is C30H31N3O6. The first kappa shape index (κ1) is 26.2. The highest BCUT2D eigenvalue weighted by Gasteiger charge is 2.32. The molecule has 5 rings (SSSR count). The average molecular weight is 530 g/mol. The van der Waals surface area contributed by atoms with Crippen LogP contribution in [0.4, 0.5) is 11.4 Å². The molecule has 9 nitrogen and oxygen atoms in total. The Morgan fingerprint density at radius 2 is 1.72 bits per heavy atom. The highest BCUT2D eigenvalue weighted by atomic mass is 16.6. The van der Waals surface area contributed by atoms with Crippen LogP contribution in [0, 0.1) is 24.0 Å². The van der Waals surface area contributed by atoms with Gasteiger partial charge in [-0.15, -0.1) is 0 Å².